The highest BCUT2D eigenvalue weighted by Crippen LogP contribution is 2.29. The fourth-order valence-electron chi connectivity index (χ4n) is 2.54. The van der Waals surface area contributed by atoms with Crippen molar-refractivity contribution in [2.24, 2.45) is 0 Å². The van der Waals surface area contributed by atoms with E-state index in [0.29, 0.717) is 23.5 Å². The first-order valence-corrected chi connectivity index (χ1v) is 6.76. The third-order valence-electron chi connectivity index (χ3n) is 3.49. The lowest BCUT2D eigenvalue weighted by Crippen LogP contribution is -2.14. The van der Waals surface area contributed by atoms with Gasteiger partial charge in [0.1, 0.15) is 11.6 Å². The predicted octanol–water partition coefficient (Wildman–Crippen LogP) is 3.58. The van der Waals surface area contributed by atoms with E-state index >= 15 is 0 Å². The van der Waals surface area contributed by atoms with Gasteiger partial charge in [-0.15, -0.1) is 0 Å². The second-order valence-electron chi connectivity index (χ2n) is 4.98. The average Bonchev–Trinajstić information content (AvgIpc) is 2.46. The Bertz CT molecular complexity index is 649. The number of aryl methyl sites for hydroxylation is 1. The van der Waals surface area contributed by atoms with E-state index in [9.17, 15) is 9.18 Å². The average molecular weight is 270 g/mol. The van der Waals surface area contributed by atoms with E-state index in [1.54, 1.807) is 18.2 Å². The molecular formula is C17H15FO2. The van der Waals surface area contributed by atoms with E-state index in [-0.39, 0.29) is 18.0 Å². The van der Waals surface area contributed by atoms with Gasteiger partial charge in [0.05, 0.1) is 12.2 Å². The summed E-state index contributed by atoms with van der Waals surface area (Å²) in [4.78, 5) is 12.4. The lowest BCUT2D eigenvalue weighted by molar-refractivity contribution is 0.0988. The molecule has 3 rings (SSSR count). The first kappa shape index (κ1) is 12.9. The van der Waals surface area contributed by atoms with E-state index in [0.717, 1.165) is 18.4 Å². The summed E-state index contributed by atoms with van der Waals surface area (Å²) in [5.41, 5.74) is 2.37. The number of halogens is 1. The van der Waals surface area contributed by atoms with Gasteiger partial charge in [-0.3, -0.25) is 4.79 Å². The Morgan fingerprint density at radius 1 is 1.20 bits per heavy atom. The zero-order valence-electron chi connectivity index (χ0n) is 11.1. The largest absolute Gasteiger partial charge is 0.493 e. The number of hydrogen-bond acceptors (Lipinski definition) is 2. The number of benzene rings is 2. The molecule has 0 saturated heterocycles. The fourth-order valence-corrected chi connectivity index (χ4v) is 2.54. The van der Waals surface area contributed by atoms with Crippen molar-refractivity contribution in [2.75, 3.05) is 6.61 Å². The number of para-hydroxylation sites is 1. The Kier molecular flexibility index (Phi) is 3.50. The molecule has 1 aliphatic heterocycles. The molecule has 0 atom stereocenters. The number of fused-ring (bicyclic) bond motifs is 1. The summed E-state index contributed by atoms with van der Waals surface area (Å²) < 4.78 is 18.8. The minimum absolute atomic E-state index is 0.0330. The molecule has 0 amide bonds. The molecule has 2 aromatic carbocycles. The van der Waals surface area contributed by atoms with Gasteiger partial charge in [0.2, 0.25) is 0 Å². The molecule has 0 spiro atoms. The number of hydrogen-bond donors (Lipinski definition) is 0. The van der Waals surface area contributed by atoms with E-state index < -0.39 is 0 Å². The van der Waals surface area contributed by atoms with Gasteiger partial charge < -0.3 is 4.74 Å². The number of carbonyl (C=O) groups excluding carboxylic acids is 1. The second kappa shape index (κ2) is 5.45. The third-order valence-corrected chi connectivity index (χ3v) is 3.49. The standard InChI is InChI=1S/C17H15FO2/c18-14-7-1-4-12(10-14)11-16(19)15-8-2-5-13-6-3-9-20-17(13)15/h1-2,4-5,7-8,10H,3,6,9,11H2. The molecule has 0 bridgehead atoms. The van der Waals surface area contributed by atoms with E-state index in [1.165, 1.54) is 12.1 Å². The molecule has 1 aliphatic rings. The molecule has 1 heterocycles. The maximum atomic E-state index is 13.2. The predicted molar refractivity (Wildman–Crippen MR) is 74.7 cm³/mol. The Morgan fingerprint density at radius 3 is 2.90 bits per heavy atom. The van der Waals surface area contributed by atoms with E-state index in [1.807, 2.05) is 12.1 Å². The zero-order chi connectivity index (χ0) is 13.9. The Morgan fingerprint density at radius 2 is 2.05 bits per heavy atom. The van der Waals surface area contributed by atoms with Crippen molar-refractivity contribution >= 4 is 5.78 Å². The van der Waals surface area contributed by atoms with Crippen molar-refractivity contribution in [1.82, 2.24) is 0 Å². The van der Waals surface area contributed by atoms with Crippen molar-refractivity contribution < 1.29 is 13.9 Å². The maximum Gasteiger partial charge on any atom is 0.170 e. The molecule has 3 heteroatoms. The molecule has 102 valence electrons. The summed E-state index contributed by atoms with van der Waals surface area (Å²) in [6.45, 7) is 0.650. The summed E-state index contributed by atoms with van der Waals surface area (Å²) in [6.07, 6.45) is 2.11. The van der Waals surface area contributed by atoms with Crippen molar-refractivity contribution in [3.63, 3.8) is 0 Å². The molecule has 20 heavy (non-hydrogen) atoms. The smallest absolute Gasteiger partial charge is 0.170 e. The maximum absolute atomic E-state index is 13.2. The van der Waals surface area contributed by atoms with Crippen LogP contribution in [0.15, 0.2) is 42.5 Å². The van der Waals surface area contributed by atoms with Crippen LogP contribution in [0.2, 0.25) is 0 Å². The quantitative estimate of drug-likeness (QED) is 0.797. The molecule has 0 fully saturated rings. The summed E-state index contributed by atoms with van der Waals surface area (Å²) in [5.74, 6) is 0.358. The van der Waals surface area contributed by atoms with Gasteiger partial charge in [0.25, 0.3) is 0 Å². The first-order chi connectivity index (χ1) is 9.74. The number of ketones is 1. The summed E-state index contributed by atoms with van der Waals surface area (Å²) in [5, 5.41) is 0. The molecule has 0 aromatic heterocycles. The van der Waals surface area contributed by atoms with E-state index in [2.05, 4.69) is 0 Å². The van der Waals surface area contributed by atoms with Crippen molar-refractivity contribution in [1.29, 1.82) is 0 Å². The highest BCUT2D eigenvalue weighted by atomic mass is 19.1. The molecule has 0 N–H and O–H groups in total. The molecule has 0 saturated carbocycles. The van der Waals surface area contributed by atoms with Crippen LogP contribution in [0.5, 0.6) is 5.75 Å². The third kappa shape index (κ3) is 2.57. The number of rotatable bonds is 3. The fraction of sp³-hybridized carbons (Fsp3) is 0.235. The van der Waals surface area contributed by atoms with Crippen LogP contribution in [0.1, 0.15) is 27.9 Å². The van der Waals surface area contributed by atoms with Gasteiger partial charge >= 0.3 is 0 Å². The van der Waals surface area contributed by atoms with Gasteiger partial charge in [-0.25, -0.2) is 4.39 Å². The van der Waals surface area contributed by atoms with Crippen molar-refractivity contribution in [2.45, 2.75) is 19.3 Å². The van der Waals surface area contributed by atoms with Crippen molar-refractivity contribution in [3.05, 3.63) is 65.0 Å². The number of carbonyl (C=O) groups is 1. The normalized spacial score (nSPS) is 13.4. The molecule has 2 aromatic rings. The molecule has 0 radical (unpaired) electrons. The molecule has 0 unspecified atom stereocenters. The van der Waals surface area contributed by atoms with Crippen LogP contribution in [0, 0.1) is 5.82 Å². The molecule has 0 aliphatic carbocycles. The summed E-state index contributed by atoms with van der Waals surface area (Å²) in [6, 6.07) is 11.8. The van der Waals surface area contributed by atoms with Crippen LogP contribution < -0.4 is 4.74 Å². The van der Waals surface area contributed by atoms with Crippen LogP contribution in [0.25, 0.3) is 0 Å². The Hall–Kier alpha value is -2.16. The van der Waals surface area contributed by atoms with Gasteiger partial charge in [0, 0.05) is 6.42 Å². The van der Waals surface area contributed by atoms with Crippen LogP contribution in [-0.4, -0.2) is 12.4 Å². The Balaban J connectivity index is 1.88. The minimum Gasteiger partial charge on any atom is -0.493 e. The van der Waals surface area contributed by atoms with Gasteiger partial charge in [-0.2, -0.15) is 0 Å². The van der Waals surface area contributed by atoms with Crippen molar-refractivity contribution in [3.8, 4) is 5.75 Å². The zero-order valence-corrected chi connectivity index (χ0v) is 11.1. The Labute approximate surface area is 117 Å². The van der Waals surface area contributed by atoms with Gasteiger partial charge in [-0.05, 0) is 42.2 Å². The monoisotopic (exact) mass is 270 g/mol. The first-order valence-electron chi connectivity index (χ1n) is 6.76. The molecular weight excluding hydrogens is 255 g/mol. The van der Waals surface area contributed by atoms with Gasteiger partial charge in [0.15, 0.2) is 5.78 Å². The SMILES string of the molecule is O=C(Cc1cccc(F)c1)c1cccc2c1OCCC2. The lowest BCUT2D eigenvalue weighted by atomic mass is 9.97. The second-order valence-corrected chi connectivity index (χ2v) is 4.98. The van der Waals surface area contributed by atoms with Crippen LogP contribution in [0.4, 0.5) is 4.39 Å². The highest BCUT2D eigenvalue weighted by molar-refractivity contribution is 6.00. The van der Waals surface area contributed by atoms with Crippen LogP contribution in [-0.2, 0) is 12.8 Å². The van der Waals surface area contributed by atoms with Crippen LogP contribution >= 0.6 is 0 Å². The summed E-state index contributed by atoms with van der Waals surface area (Å²) in [7, 11) is 0. The number of Topliss-reactive ketones (excluding diaryl/α,β-unsaturated/α-hetero) is 1. The van der Waals surface area contributed by atoms with E-state index in [4.69, 9.17) is 4.74 Å². The lowest BCUT2D eigenvalue weighted by Gasteiger charge is -2.19. The minimum atomic E-state index is -0.318. The topological polar surface area (TPSA) is 26.3 Å². The molecule has 2 nitrogen and oxygen atoms in total. The summed E-state index contributed by atoms with van der Waals surface area (Å²) >= 11 is 0. The highest BCUT2D eigenvalue weighted by Gasteiger charge is 2.19. The van der Waals surface area contributed by atoms with Gasteiger partial charge in [-0.1, -0.05) is 24.3 Å². The number of ether oxygens (including phenoxy) is 1. The van der Waals surface area contributed by atoms with Crippen LogP contribution in [0.3, 0.4) is 0 Å².